The fraction of sp³-hybridized carbons (Fsp3) is 0.632. The van der Waals surface area contributed by atoms with Gasteiger partial charge in [-0.3, -0.25) is 19.5 Å². The third-order valence-electron chi connectivity index (χ3n) is 4.51. The first-order valence-corrected chi connectivity index (χ1v) is 9.22. The predicted octanol–water partition coefficient (Wildman–Crippen LogP) is 1.81. The number of rotatable bonds is 7. The molecule has 0 spiro atoms. The lowest BCUT2D eigenvalue weighted by molar-refractivity contribution is -0.141. The third kappa shape index (κ3) is 5.81. The molecule has 1 fully saturated rings. The third-order valence-corrected chi connectivity index (χ3v) is 4.51. The molecular weight excluding hydrogens is 316 g/mol. The summed E-state index contributed by atoms with van der Waals surface area (Å²) in [5.74, 6) is -0.0307. The van der Waals surface area contributed by atoms with Gasteiger partial charge in [-0.25, -0.2) is 0 Å². The Kier molecular flexibility index (Phi) is 7.37. The molecule has 0 radical (unpaired) electrons. The summed E-state index contributed by atoms with van der Waals surface area (Å²) in [6.07, 6.45) is 6.58. The zero-order chi connectivity index (χ0) is 18.2. The Morgan fingerprint density at radius 3 is 2.68 bits per heavy atom. The molecule has 6 nitrogen and oxygen atoms in total. The maximum Gasteiger partial charge on any atom is 0.240 e. The minimum Gasteiger partial charge on any atom is -0.352 e. The zero-order valence-electron chi connectivity index (χ0n) is 15.6. The van der Waals surface area contributed by atoms with Crippen LogP contribution in [0.2, 0.25) is 0 Å². The van der Waals surface area contributed by atoms with E-state index >= 15 is 0 Å². The van der Waals surface area contributed by atoms with Crippen LogP contribution in [0.5, 0.6) is 0 Å². The van der Waals surface area contributed by atoms with Gasteiger partial charge in [0.1, 0.15) is 0 Å². The molecular formula is C19H30N4O2. The van der Waals surface area contributed by atoms with Gasteiger partial charge in [-0.1, -0.05) is 6.42 Å². The van der Waals surface area contributed by atoms with E-state index in [1.807, 2.05) is 32.9 Å². The quantitative estimate of drug-likeness (QED) is 0.818. The van der Waals surface area contributed by atoms with E-state index in [0.717, 1.165) is 37.9 Å². The van der Waals surface area contributed by atoms with Crippen LogP contribution >= 0.6 is 0 Å². The summed E-state index contributed by atoms with van der Waals surface area (Å²) in [7, 11) is 0. The van der Waals surface area contributed by atoms with Crippen LogP contribution in [-0.4, -0.2) is 58.3 Å². The van der Waals surface area contributed by atoms with Gasteiger partial charge in [0.05, 0.1) is 12.6 Å². The highest BCUT2D eigenvalue weighted by atomic mass is 16.2. The van der Waals surface area contributed by atoms with Gasteiger partial charge in [-0.05, 0) is 57.9 Å². The summed E-state index contributed by atoms with van der Waals surface area (Å²) < 4.78 is 0. The van der Waals surface area contributed by atoms with E-state index in [4.69, 9.17) is 0 Å². The molecule has 1 unspecified atom stereocenters. The normalized spacial score (nSPS) is 18.2. The van der Waals surface area contributed by atoms with E-state index in [1.165, 1.54) is 0 Å². The van der Waals surface area contributed by atoms with Crippen LogP contribution in [-0.2, 0) is 16.1 Å². The van der Waals surface area contributed by atoms with Crippen molar-refractivity contribution in [1.29, 1.82) is 0 Å². The summed E-state index contributed by atoms with van der Waals surface area (Å²) in [5, 5.41) is 2.86. The number of carbonyl (C=O) groups is 2. The molecule has 6 heteroatoms. The molecule has 1 N–H and O–H groups in total. The van der Waals surface area contributed by atoms with Crippen molar-refractivity contribution < 1.29 is 9.59 Å². The topological polar surface area (TPSA) is 65.5 Å². The minimum absolute atomic E-state index is 0.0650. The van der Waals surface area contributed by atoms with E-state index in [1.54, 1.807) is 17.3 Å². The summed E-state index contributed by atoms with van der Waals surface area (Å²) in [5.41, 5.74) is 1.16. The van der Waals surface area contributed by atoms with Crippen molar-refractivity contribution in [2.24, 2.45) is 0 Å². The van der Waals surface area contributed by atoms with Crippen molar-refractivity contribution >= 4 is 11.8 Å². The fourth-order valence-corrected chi connectivity index (χ4v) is 3.28. The van der Waals surface area contributed by atoms with Crippen molar-refractivity contribution in [2.45, 2.75) is 58.7 Å². The van der Waals surface area contributed by atoms with Crippen LogP contribution in [0.4, 0.5) is 0 Å². The molecule has 1 aliphatic rings. The number of carbonyl (C=O) groups excluding carboxylic acids is 2. The standard InChI is InChI=1S/C19H30N4O2/c1-4-22(14-18(24)21-15(2)3)19(25)17-7-5-6-12-23(17)13-16-8-10-20-11-9-16/h8-11,15,17H,4-7,12-14H2,1-3H3,(H,21,24). The molecule has 2 rings (SSSR count). The Bertz CT molecular complexity index is 562. The second kappa shape index (κ2) is 9.51. The van der Waals surface area contributed by atoms with Gasteiger partial charge < -0.3 is 10.2 Å². The molecule has 1 atom stereocenters. The summed E-state index contributed by atoms with van der Waals surface area (Å²) >= 11 is 0. The van der Waals surface area contributed by atoms with Crippen LogP contribution < -0.4 is 5.32 Å². The predicted molar refractivity (Wildman–Crippen MR) is 97.8 cm³/mol. The molecule has 2 amide bonds. The Morgan fingerprint density at radius 2 is 2.04 bits per heavy atom. The molecule has 0 aliphatic carbocycles. The molecule has 1 saturated heterocycles. The van der Waals surface area contributed by atoms with Crippen molar-refractivity contribution in [2.75, 3.05) is 19.6 Å². The van der Waals surface area contributed by atoms with Crippen LogP contribution in [0, 0.1) is 0 Å². The van der Waals surface area contributed by atoms with Crippen molar-refractivity contribution in [3.8, 4) is 0 Å². The molecule has 0 bridgehead atoms. The first kappa shape index (κ1) is 19.4. The maximum absolute atomic E-state index is 13.0. The van der Waals surface area contributed by atoms with E-state index in [0.29, 0.717) is 6.54 Å². The average molecular weight is 346 g/mol. The van der Waals surface area contributed by atoms with Crippen LogP contribution in [0.25, 0.3) is 0 Å². The van der Waals surface area contributed by atoms with Gasteiger partial charge in [0, 0.05) is 31.5 Å². The van der Waals surface area contributed by atoms with E-state index in [9.17, 15) is 9.59 Å². The van der Waals surface area contributed by atoms with Gasteiger partial charge in [0.2, 0.25) is 11.8 Å². The molecule has 0 saturated carbocycles. The highest BCUT2D eigenvalue weighted by Crippen LogP contribution is 2.21. The number of pyridine rings is 1. The minimum atomic E-state index is -0.145. The highest BCUT2D eigenvalue weighted by Gasteiger charge is 2.32. The van der Waals surface area contributed by atoms with Crippen LogP contribution in [0.3, 0.4) is 0 Å². The zero-order valence-corrected chi connectivity index (χ0v) is 15.6. The number of likely N-dealkylation sites (N-methyl/N-ethyl adjacent to an activating group) is 1. The second-order valence-corrected chi connectivity index (χ2v) is 6.91. The summed E-state index contributed by atoms with van der Waals surface area (Å²) in [4.78, 5) is 33.1. The number of aromatic nitrogens is 1. The van der Waals surface area contributed by atoms with Gasteiger partial charge in [0.25, 0.3) is 0 Å². The largest absolute Gasteiger partial charge is 0.352 e. The van der Waals surface area contributed by atoms with Crippen molar-refractivity contribution in [3.05, 3.63) is 30.1 Å². The lowest BCUT2D eigenvalue weighted by Crippen LogP contribution is -2.52. The number of hydrogen-bond acceptors (Lipinski definition) is 4. The van der Waals surface area contributed by atoms with Crippen LogP contribution in [0.15, 0.2) is 24.5 Å². The number of likely N-dealkylation sites (tertiary alicyclic amines) is 1. The smallest absolute Gasteiger partial charge is 0.240 e. The van der Waals surface area contributed by atoms with Gasteiger partial charge in [-0.2, -0.15) is 0 Å². The van der Waals surface area contributed by atoms with Crippen molar-refractivity contribution in [1.82, 2.24) is 20.1 Å². The molecule has 1 aromatic rings. The van der Waals surface area contributed by atoms with E-state index < -0.39 is 0 Å². The monoisotopic (exact) mass is 346 g/mol. The van der Waals surface area contributed by atoms with E-state index in [-0.39, 0.29) is 30.4 Å². The van der Waals surface area contributed by atoms with Crippen molar-refractivity contribution in [3.63, 3.8) is 0 Å². The summed E-state index contributed by atoms with van der Waals surface area (Å²) in [6, 6.07) is 3.92. The van der Waals surface area contributed by atoms with Crippen LogP contribution in [0.1, 0.15) is 45.6 Å². The molecule has 0 aromatic carbocycles. The van der Waals surface area contributed by atoms with Gasteiger partial charge in [0.15, 0.2) is 0 Å². The number of piperidine rings is 1. The number of nitrogens with zero attached hydrogens (tertiary/aromatic N) is 3. The molecule has 2 heterocycles. The Labute approximate surface area is 150 Å². The van der Waals surface area contributed by atoms with Gasteiger partial charge >= 0.3 is 0 Å². The molecule has 25 heavy (non-hydrogen) atoms. The lowest BCUT2D eigenvalue weighted by atomic mass is 10.00. The van der Waals surface area contributed by atoms with E-state index in [2.05, 4.69) is 15.2 Å². The number of nitrogens with one attached hydrogen (secondary N) is 1. The summed E-state index contributed by atoms with van der Waals surface area (Å²) in [6.45, 7) is 8.11. The number of amides is 2. The first-order valence-electron chi connectivity index (χ1n) is 9.22. The number of hydrogen-bond donors (Lipinski definition) is 1. The van der Waals surface area contributed by atoms with Gasteiger partial charge in [-0.15, -0.1) is 0 Å². The first-order chi connectivity index (χ1) is 12.0. The second-order valence-electron chi connectivity index (χ2n) is 6.91. The lowest BCUT2D eigenvalue weighted by Gasteiger charge is -2.37. The molecule has 138 valence electrons. The maximum atomic E-state index is 13.0. The highest BCUT2D eigenvalue weighted by molar-refractivity contribution is 5.87. The fourth-order valence-electron chi connectivity index (χ4n) is 3.28. The average Bonchev–Trinajstić information content (AvgIpc) is 2.60. The Morgan fingerprint density at radius 1 is 1.32 bits per heavy atom. The molecule has 1 aromatic heterocycles. The SMILES string of the molecule is CCN(CC(=O)NC(C)C)C(=O)C1CCCCN1Cc1ccncc1. The Balaban J connectivity index is 2.03. The Hall–Kier alpha value is -1.95. The molecule has 1 aliphatic heterocycles.